The molecule has 0 aromatic carbocycles. The van der Waals surface area contributed by atoms with Crippen LogP contribution in [0.2, 0.25) is 0 Å². The average molecular weight is 218 g/mol. The second-order valence-electron chi connectivity index (χ2n) is 3.87. The summed E-state index contributed by atoms with van der Waals surface area (Å²) in [7, 11) is 3.36. The average Bonchev–Trinajstić information content (AvgIpc) is 2.21. The van der Waals surface area contributed by atoms with Gasteiger partial charge in [-0.3, -0.25) is 0 Å². The van der Waals surface area contributed by atoms with Crippen LogP contribution in [0.25, 0.3) is 0 Å². The van der Waals surface area contributed by atoms with Crippen molar-refractivity contribution in [2.75, 3.05) is 20.8 Å². The monoisotopic (exact) mass is 218 g/mol. The van der Waals surface area contributed by atoms with Gasteiger partial charge >= 0.3 is 0 Å². The van der Waals surface area contributed by atoms with Gasteiger partial charge in [0.05, 0.1) is 12.2 Å². The van der Waals surface area contributed by atoms with Crippen LogP contribution in [0.4, 0.5) is 0 Å². The molecule has 1 rings (SSSR count). The maximum Gasteiger partial charge on any atom is 0.114 e. The van der Waals surface area contributed by atoms with Crippen LogP contribution in [-0.4, -0.2) is 51.3 Å². The molecule has 0 N–H and O–H groups in total. The van der Waals surface area contributed by atoms with E-state index >= 15 is 0 Å². The van der Waals surface area contributed by atoms with Crippen molar-refractivity contribution >= 4 is 0 Å². The minimum atomic E-state index is -0.0669. The molecule has 0 amide bonds. The molecule has 15 heavy (non-hydrogen) atoms. The molecule has 0 radical (unpaired) electrons. The lowest BCUT2D eigenvalue weighted by Gasteiger charge is -2.43. The van der Waals surface area contributed by atoms with Crippen molar-refractivity contribution in [1.82, 2.24) is 0 Å². The Labute approximate surface area is 91.8 Å². The van der Waals surface area contributed by atoms with Gasteiger partial charge in [-0.05, 0) is 20.8 Å². The minimum absolute atomic E-state index is 0.0339. The van der Waals surface area contributed by atoms with Crippen LogP contribution in [0.5, 0.6) is 0 Å². The van der Waals surface area contributed by atoms with Crippen LogP contribution in [0.15, 0.2) is 0 Å². The van der Waals surface area contributed by atoms with E-state index in [9.17, 15) is 0 Å². The van der Waals surface area contributed by atoms with Gasteiger partial charge in [0, 0.05) is 20.8 Å². The zero-order valence-corrected chi connectivity index (χ0v) is 10.2. The van der Waals surface area contributed by atoms with Crippen LogP contribution in [0.3, 0.4) is 0 Å². The van der Waals surface area contributed by atoms with Gasteiger partial charge < -0.3 is 18.9 Å². The number of rotatable bonds is 4. The van der Waals surface area contributed by atoms with Crippen molar-refractivity contribution in [2.45, 2.75) is 51.3 Å². The van der Waals surface area contributed by atoms with Crippen molar-refractivity contribution in [3.8, 4) is 0 Å². The molecule has 0 spiro atoms. The number of hydrogen-bond donors (Lipinski definition) is 0. The zero-order chi connectivity index (χ0) is 11.4. The highest BCUT2D eigenvalue weighted by Crippen LogP contribution is 2.26. The molecular weight excluding hydrogens is 196 g/mol. The Morgan fingerprint density at radius 1 is 0.933 bits per heavy atom. The van der Waals surface area contributed by atoms with Crippen LogP contribution >= 0.6 is 0 Å². The van der Waals surface area contributed by atoms with Crippen LogP contribution < -0.4 is 0 Å². The summed E-state index contributed by atoms with van der Waals surface area (Å²) < 4.78 is 22.3. The summed E-state index contributed by atoms with van der Waals surface area (Å²) in [4.78, 5) is 0. The summed E-state index contributed by atoms with van der Waals surface area (Å²) >= 11 is 0. The van der Waals surface area contributed by atoms with Gasteiger partial charge in [-0.25, -0.2) is 0 Å². The van der Waals surface area contributed by atoms with Gasteiger partial charge in [0.15, 0.2) is 0 Å². The van der Waals surface area contributed by atoms with E-state index in [4.69, 9.17) is 18.9 Å². The quantitative estimate of drug-likeness (QED) is 0.711. The van der Waals surface area contributed by atoms with Crippen molar-refractivity contribution in [3.05, 3.63) is 0 Å². The van der Waals surface area contributed by atoms with E-state index in [1.54, 1.807) is 14.2 Å². The zero-order valence-electron chi connectivity index (χ0n) is 10.2. The normalized spacial score (nSPS) is 41.8. The second-order valence-corrected chi connectivity index (χ2v) is 3.87. The molecular formula is C11H22O4. The van der Waals surface area contributed by atoms with Gasteiger partial charge in [0.25, 0.3) is 0 Å². The fourth-order valence-corrected chi connectivity index (χ4v) is 2.23. The van der Waals surface area contributed by atoms with Gasteiger partial charge in [-0.2, -0.15) is 0 Å². The first-order chi connectivity index (χ1) is 7.15. The largest absolute Gasteiger partial charge is 0.376 e. The van der Waals surface area contributed by atoms with Crippen molar-refractivity contribution in [3.63, 3.8) is 0 Å². The molecule has 1 aliphatic rings. The van der Waals surface area contributed by atoms with Crippen molar-refractivity contribution in [1.29, 1.82) is 0 Å². The standard InChI is InChI=1S/C11H22O4/c1-6-14-10-8(3)15-7(2)9(12-4)11(10)13-5/h7-11H,6H2,1-5H3. The number of methoxy groups -OCH3 is 2. The number of hydrogen-bond acceptors (Lipinski definition) is 4. The van der Waals surface area contributed by atoms with Gasteiger partial charge in [-0.1, -0.05) is 0 Å². The molecule has 4 heteroatoms. The highest BCUT2D eigenvalue weighted by molar-refractivity contribution is 4.91. The first kappa shape index (κ1) is 12.9. The van der Waals surface area contributed by atoms with E-state index in [2.05, 4.69) is 0 Å². The summed E-state index contributed by atoms with van der Waals surface area (Å²) in [5.74, 6) is 0. The SMILES string of the molecule is CCOC1C(C)OC(C)C(OC)C1OC. The van der Waals surface area contributed by atoms with Crippen LogP contribution in [0, 0.1) is 0 Å². The predicted octanol–water partition coefficient (Wildman–Crippen LogP) is 1.23. The first-order valence-electron chi connectivity index (χ1n) is 5.48. The molecule has 1 aliphatic heterocycles. The lowest BCUT2D eigenvalue weighted by Crippen LogP contribution is -2.58. The van der Waals surface area contributed by atoms with Gasteiger partial charge in [-0.15, -0.1) is 0 Å². The van der Waals surface area contributed by atoms with E-state index < -0.39 is 0 Å². The number of ether oxygens (including phenoxy) is 4. The summed E-state index contributed by atoms with van der Waals surface area (Å²) in [5.41, 5.74) is 0. The van der Waals surface area contributed by atoms with E-state index in [-0.39, 0.29) is 30.5 Å². The van der Waals surface area contributed by atoms with Gasteiger partial charge in [0.1, 0.15) is 18.3 Å². The van der Waals surface area contributed by atoms with Crippen LogP contribution in [0.1, 0.15) is 20.8 Å². The molecule has 0 saturated carbocycles. The summed E-state index contributed by atoms with van der Waals surface area (Å²) in [6.45, 7) is 6.63. The van der Waals surface area contributed by atoms with E-state index in [1.165, 1.54) is 0 Å². The molecule has 0 aliphatic carbocycles. The molecule has 0 aromatic rings. The lowest BCUT2D eigenvalue weighted by atomic mass is 9.96. The minimum Gasteiger partial charge on any atom is -0.376 e. The predicted molar refractivity (Wildman–Crippen MR) is 57.0 cm³/mol. The molecule has 0 bridgehead atoms. The van der Waals surface area contributed by atoms with E-state index in [0.717, 1.165) is 0 Å². The highest BCUT2D eigenvalue weighted by Gasteiger charge is 2.43. The molecule has 0 aromatic heterocycles. The Bertz CT molecular complexity index is 185. The topological polar surface area (TPSA) is 36.9 Å². The summed E-state index contributed by atoms with van der Waals surface area (Å²) in [6.07, 6.45) is -0.111. The van der Waals surface area contributed by atoms with Crippen molar-refractivity contribution in [2.24, 2.45) is 0 Å². The molecule has 5 atom stereocenters. The van der Waals surface area contributed by atoms with Gasteiger partial charge in [0.2, 0.25) is 0 Å². The van der Waals surface area contributed by atoms with E-state index in [1.807, 2.05) is 20.8 Å². The molecule has 5 unspecified atom stereocenters. The third-order valence-electron chi connectivity index (χ3n) is 2.91. The fourth-order valence-electron chi connectivity index (χ4n) is 2.23. The molecule has 1 saturated heterocycles. The Morgan fingerprint density at radius 3 is 1.93 bits per heavy atom. The Morgan fingerprint density at radius 2 is 1.47 bits per heavy atom. The Hall–Kier alpha value is -0.160. The van der Waals surface area contributed by atoms with Crippen molar-refractivity contribution < 1.29 is 18.9 Å². The Balaban J connectivity index is 2.75. The Kier molecular flexibility index (Phi) is 4.99. The van der Waals surface area contributed by atoms with E-state index in [0.29, 0.717) is 6.61 Å². The lowest BCUT2D eigenvalue weighted by molar-refractivity contribution is -0.238. The molecule has 4 nitrogen and oxygen atoms in total. The third kappa shape index (κ3) is 2.69. The molecule has 90 valence electrons. The first-order valence-corrected chi connectivity index (χ1v) is 5.48. The third-order valence-corrected chi connectivity index (χ3v) is 2.91. The maximum absolute atomic E-state index is 5.76. The summed E-state index contributed by atoms with van der Waals surface area (Å²) in [5, 5.41) is 0. The summed E-state index contributed by atoms with van der Waals surface area (Å²) in [6, 6.07) is 0. The highest BCUT2D eigenvalue weighted by atomic mass is 16.6. The second kappa shape index (κ2) is 5.80. The smallest absolute Gasteiger partial charge is 0.114 e. The maximum atomic E-state index is 5.76. The fraction of sp³-hybridized carbons (Fsp3) is 1.00. The molecule has 1 heterocycles. The molecule has 1 fully saturated rings. The van der Waals surface area contributed by atoms with Crippen LogP contribution in [-0.2, 0) is 18.9 Å².